The quantitative estimate of drug-likeness (QED) is 0.863. The van der Waals surface area contributed by atoms with Gasteiger partial charge in [0.05, 0.1) is 6.61 Å². The number of likely N-dealkylation sites (N-methyl/N-ethyl adjacent to an activating group) is 1. The second kappa shape index (κ2) is 7.26. The van der Waals surface area contributed by atoms with Crippen molar-refractivity contribution in [2.24, 2.45) is 0 Å². The van der Waals surface area contributed by atoms with Crippen molar-refractivity contribution in [3.63, 3.8) is 0 Å². The zero-order valence-corrected chi connectivity index (χ0v) is 11.5. The van der Waals surface area contributed by atoms with Crippen LogP contribution in [0.1, 0.15) is 12.5 Å². The summed E-state index contributed by atoms with van der Waals surface area (Å²) in [7, 11) is 0. The van der Waals surface area contributed by atoms with Gasteiger partial charge in [0, 0.05) is 26.2 Å². The Bertz CT molecular complexity index is 388. The van der Waals surface area contributed by atoms with Gasteiger partial charge in [0.25, 0.3) is 5.91 Å². The van der Waals surface area contributed by atoms with E-state index < -0.39 is 0 Å². The molecule has 0 aromatic heterocycles. The van der Waals surface area contributed by atoms with Crippen LogP contribution in [0.3, 0.4) is 0 Å². The van der Waals surface area contributed by atoms with Crippen LogP contribution in [0.15, 0.2) is 30.3 Å². The minimum Gasteiger partial charge on any atom is -0.366 e. The number of carbonyl (C=O) groups excluding carboxylic acids is 1. The first-order valence-electron chi connectivity index (χ1n) is 6.96. The highest BCUT2D eigenvalue weighted by Gasteiger charge is 2.25. The summed E-state index contributed by atoms with van der Waals surface area (Å²) in [6, 6.07) is 10.3. The van der Waals surface area contributed by atoms with Crippen molar-refractivity contribution in [3.05, 3.63) is 35.9 Å². The number of hydrogen-bond acceptors (Lipinski definition) is 3. The molecular formula is C15H22N2O2. The molecule has 0 aliphatic carbocycles. The zero-order chi connectivity index (χ0) is 13.5. The van der Waals surface area contributed by atoms with Gasteiger partial charge in [-0.15, -0.1) is 0 Å². The minimum absolute atomic E-state index is 0.102. The smallest absolute Gasteiger partial charge is 0.253 e. The lowest BCUT2D eigenvalue weighted by Crippen LogP contribution is -2.49. The Balaban J connectivity index is 1.86. The van der Waals surface area contributed by atoms with Gasteiger partial charge in [-0.3, -0.25) is 4.79 Å². The number of carbonyl (C=O) groups is 1. The lowest BCUT2D eigenvalue weighted by molar-refractivity contribution is -0.145. The molecular weight excluding hydrogens is 240 g/mol. The molecule has 4 nitrogen and oxygen atoms in total. The summed E-state index contributed by atoms with van der Waals surface area (Å²) >= 11 is 0. The van der Waals surface area contributed by atoms with Crippen LogP contribution in [0, 0.1) is 0 Å². The van der Waals surface area contributed by atoms with Crippen molar-refractivity contribution in [3.8, 4) is 0 Å². The van der Waals surface area contributed by atoms with Crippen molar-refractivity contribution < 1.29 is 9.53 Å². The SMILES string of the molecule is CCN(CCc1ccccc1)C(=O)C1CNCCO1. The van der Waals surface area contributed by atoms with Gasteiger partial charge in [-0.2, -0.15) is 0 Å². The number of morpholine rings is 1. The first kappa shape index (κ1) is 14.0. The summed E-state index contributed by atoms with van der Waals surface area (Å²) in [6.45, 7) is 5.57. The summed E-state index contributed by atoms with van der Waals surface area (Å²) in [5, 5.41) is 3.20. The second-order valence-electron chi connectivity index (χ2n) is 4.72. The Morgan fingerprint density at radius 1 is 1.42 bits per heavy atom. The average Bonchev–Trinajstić information content (AvgIpc) is 2.49. The Morgan fingerprint density at radius 2 is 2.21 bits per heavy atom. The van der Waals surface area contributed by atoms with E-state index in [-0.39, 0.29) is 12.0 Å². The molecule has 104 valence electrons. The molecule has 2 rings (SSSR count). The highest BCUT2D eigenvalue weighted by molar-refractivity contribution is 5.81. The van der Waals surface area contributed by atoms with E-state index in [0.29, 0.717) is 13.2 Å². The van der Waals surface area contributed by atoms with Crippen molar-refractivity contribution in [1.29, 1.82) is 0 Å². The Morgan fingerprint density at radius 3 is 2.84 bits per heavy atom. The zero-order valence-electron chi connectivity index (χ0n) is 11.5. The number of nitrogens with one attached hydrogen (secondary N) is 1. The lowest BCUT2D eigenvalue weighted by Gasteiger charge is -2.29. The molecule has 1 unspecified atom stereocenters. The van der Waals surface area contributed by atoms with Gasteiger partial charge in [-0.25, -0.2) is 0 Å². The largest absolute Gasteiger partial charge is 0.366 e. The summed E-state index contributed by atoms with van der Waals surface area (Å²) in [5.41, 5.74) is 1.26. The maximum atomic E-state index is 12.3. The van der Waals surface area contributed by atoms with Gasteiger partial charge in [-0.1, -0.05) is 30.3 Å². The molecule has 0 saturated carbocycles. The molecule has 1 amide bonds. The minimum atomic E-state index is -0.315. The third-order valence-corrected chi connectivity index (χ3v) is 3.41. The van der Waals surface area contributed by atoms with Gasteiger partial charge < -0.3 is 15.0 Å². The molecule has 1 atom stereocenters. The van der Waals surface area contributed by atoms with E-state index in [2.05, 4.69) is 17.4 Å². The standard InChI is InChI=1S/C15H22N2O2/c1-2-17(10-8-13-6-4-3-5-7-13)15(18)14-12-16-9-11-19-14/h3-7,14,16H,2,8-12H2,1H3. The molecule has 4 heteroatoms. The summed E-state index contributed by atoms with van der Waals surface area (Å²) in [5.74, 6) is 0.102. The molecule has 1 aromatic carbocycles. The second-order valence-corrected chi connectivity index (χ2v) is 4.72. The van der Waals surface area contributed by atoms with Gasteiger partial charge in [-0.05, 0) is 18.9 Å². The Kier molecular flexibility index (Phi) is 5.36. The lowest BCUT2D eigenvalue weighted by atomic mass is 10.1. The van der Waals surface area contributed by atoms with Gasteiger partial charge in [0.1, 0.15) is 6.10 Å². The first-order valence-corrected chi connectivity index (χ1v) is 6.96. The molecule has 0 bridgehead atoms. The normalized spacial score (nSPS) is 19.1. The third kappa shape index (κ3) is 4.04. The van der Waals surface area contributed by atoms with E-state index in [1.807, 2.05) is 30.0 Å². The number of nitrogens with zero attached hydrogens (tertiary/aromatic N) is 1. The van der Waals surface area contributed by atoms with E-state index in [1.165, 1.54) is 5.56 Å². The van der Waals surface area contributed by atoms with Crippen molar-refractivity contribution >= 4 is 5.91 Å². The van der Waals surface area contributed by atoms with Crippen LogP contribution in [0.5, 0.6) is 0 Å². The predicted molar refractivity (Wildman–Crippen MR) is 75.0 cm³/mol. The first-order chi connectivity index (χ1) is 9.31. The van der Waals surface area contributed by atoms with Gasteiger partial charge in [0.15, 0.2) is 0 Å². The van der Waals surface area contributed by atoms with Crippen LogP contribution < -0.4 is 5.32 Å². The fourth-order valence-corrected chi connectivity index (χ4v) is 2.26. The topological polar surface area (TPSA) is 41.6 Å². The third-order valence-electron chi connectivity index (χ3n) is 3.41. The Labute approximate surface area is 114 Å². The van der Waals surface area contributed by atoms with Crippen LogP contribution in [-0.4, -0.2) is 49.7 Å². The van der Waals surface area contributed by atoms with Crippen LogP contribution in [-0.2, 0) is 16.0 Å². The van der Waals surface area contributed by atoms with Gasteiger partial charge in [0.2, 0.25) is 0 Å². The van der Waals surface area contributed by atoms with E-state index in [0.717, 1.165) is 26.1 Å². The van der Waals surface area contributed by atoms with Crippen LogP contribution in [0.2, 0.25) is 0 Å². The average molecular weight is 262 g/mol. The molecule has 0 radical (unpaired) electrons. The van der Waals surface area contributed by atoms with Crippen molar-refractivity contribution in [2.75, 3.05) is 32.8 Å². The van der Waals surface area contributed by atoms with Crippen molar-refractivity contribution in [1.82, 2.24) is 10.2 Å². The maximum absolute atomic E-state index is 12.3. The van der Waals surface area contributed by atoms with E-state index in [4.69, 9.17) is 4.74 Å². The predicted octanol–water partition coefficient (Wildman–Crippen LogP) is 1.07. The number of benzene rings is 1. The van der Waals surface area contributed by atoms with Crippen LogP contribution >= 0.6 is 0 Å². The fourth-order valence-electron chi connectivity index (χ4n) is 2.26. The number of hydrogen-bond donors (Lipinski definition) is 1. The Hall–Kier alpha value is -1.39. The maximum Gasteiger partial charge on any atom is 0.253 e. The van der Waals surface area contributed by atoms with E-state index in [9.17, 15) is 4.79 Å². The van der Waals surface area contributed by atoms with Crippen LogP contribution in [0.25, 0.3) is 0 Å². The number of amides is 1. The van der Waals surface area contributed by atoms with Gasteiger partial charge >= 0.3 is 0 Å². The molecule has 1 saturated heterocycles. The fraction of sp³-hybridized carbons (Fsp3) is 0.533. The molecule has 1 aromatic rings. The van der Waals surface area contributed by atoms with Crippen LogP contribution in [0.4, 0.5) is 0 Å². The highest BCUT2D eigenvalue weighted by Crippen LogP contribution is 2.06. The molecule has 1 heterocycles. The number of ether oxygens (including phenoxy) is 1. The molecule has 1 aliphatic rings. The molecule has 1 aliphatic heterocycles. The molecule has 1 fully saturated rings. The van der Waals surface area contributed by atoms with E-state index in [1.54, 1.807) is 0 Å². The summed E-state index contributed by atoms with van der Waals surface area (Å²) in [6.07, 6.45) is 0.574. The van der Waals surface area contributed by atoms with E-state index >= 15 is 0 Å². The monoisotopic (exact) mass is 262 g/mol. The molecule has 1 N–H and O–H groups in total. The van der Waals surface area contributed by atoms with Crippen molar-refractivity contribution in [2.45, 2.75) is 19.4 Å². The summed E-state index contributed by atoms with van der Waals surface area (Å²) < 4.78 is 5.52. The summed E-state index contributed by atoms with van der Waals surface area (Å²) in [4.78, 5) is 14.2. The number of rotatable bonds is 5. The molecule has 0 spiro atoms. The highest BCUT2D eigenvalue weighted by atomic mass is 16.5. The molecule has 19 heavy (non-hydrogen) atoms.